The van der Waals surface area contributed by atoms with Crippen LogP contribution in [0.5, 0.6) is 11.5 Å². The second-order valence-corrected chi connectivity index (χ2v) is 8.64. The summed E-state index contributed by atoms with van der Waals surface area (Å²) in [7, 11) is 1.57. The molecule has 4 aromatic carbocycles. The van der Waals surface area contributed by atoms with Crippen LogP contribution >= 0.6 is 11.6 Å². The van der Waals surface area contributed by atoms with Crippen molar-refractivity contribution in [3.8, 4) is 22.6 Å². The molecule has 0 aliphatic rings. The van der Waals surface area contributed by atoms with Crippen molar-refractivity contribution in [1.29, 1.82) is 0 Å². The van der Waals surface area contributed by atoms with Gasteiger partial charge in [-0.1, -0.05) is 72.3 Å². The van der Waals surface area contributed by atoms with Crippen molar-refractivity contribution in [3.05, 3.63) is 119 Å². The van der Waals surface area contributed by atoms with E-state index in [-0.39, 0.29) is 5.69 Å². The van der Waals surface area contributed by atoms with Gasteiger partial charge in [-0.3, -0.25) is 4.79 Å². The van der Waals surface area contributed by atoms with E-state index in [0.29, 0.717) is 44.3 Å². The van der Waals surface area contributed by atoms with E-state index in [0.717, 1.165) is 5.39 Å². The Labute approximate surface area is 223 Å². The minimum Gasteiger partial charge on any atom is -0.495 e. The van der Waals surface area contributed by atoms with Crippen molar-refractivity contribution in [2.45, 2.75) is 0 Å². The Hall–Kier alpha value is -4.88. The summed E-state index contributed by atoms with van der Waals surface area (Å²) in [6.07, 6.45) is 1.42. The maximum absolute atomic E-state index is 13.3. The molecular formula is C30H22ClN3O4. The number of benzene rings is 4. The van der Waals surface area contributed by atoms with Crippen LogP contribution in [0.2, 0.25) is 5.02 Å². The molecule has 0 aliphatic heterocycles. The summed E-state index contributed by atoms with van der Waals surface area (Å²) in [6, 6.07) is 28.4. The number of carbonyl (C=O) groups is 2. The molecule has 1 aromatic heterocycles. The van der Waals surface area contributed by atoms with E-state index in [4.69, 9.17) is 21.1 Å². The van der Waals surface area contributed by atoms with Crippen LogP contribution in [0.3, 0.4) is 0 Å². The van der Waals surface area contributed by atoms with Gasteiger partial charge in [-0.05, 0) is 36.4 Å². The SMILES string of the molecule is COc1cccc2c(-c3ccccc3Cl)c(C(=O)NN=Cc3ccccc3OC(=O)c3ccccc3)[nH]c12. The summed E-state index contributed by atoms with van der Waals surface area (Å²) in [5, 5.41) is 5.41. The molecule has 0 aliphatic carbocycles. The fourth-order valence-electron chi connectivity index (χ4n) is 4.10. The highest BCUT2D eigenvalue weighted by atomic mass is 35.5. The maximum Gasteiger partial charge on any atom is 0.343 e. The van der Waals surface area contributed by atoms with Crippen molar-refractivity contribution in [2.75, 3.05) is 7.11 Å². The van der Waals surface area contributed by atoms with E-state index in [2.05, 4.69) is 15.5 Å². The number of hydrazone groups is 1. The quantitative estimate of drug-likeness (QED) is 0.110. The molecule has 0 spiro atoms. The lowest BCUT2D eigenvalue weighted by molar-refractivity contribution is 0.0734. The normalized spacial score (nSPS) is 11.0. The average Bonchev–Trinajstić information content (AvgIpc) is 3.34. The summed E-state index contributed by atoms with van der Waals surface area (Å²) in [6.45, 7) is 0. The molecule has 8 heteroatoms. The second-order valence-electron chi connectivity index (χ2n) is 8.23. The zero-order valence-corrected chi connectivity index (χ0v) is 21.0. The number of amides is 1. The topological polar surface area (TPSA) is 92.8 Å². The Balaban J connectivity index is 1.44. The van der Waals surface area contributed by atoms with Crippen molar-refractivity contribution in [3.63, 3.8) is 0 Å². The summed E-state index contributed by atoms with van der Waals surface area (Å²) >= 11 is 6.51. The molecule has 0 bridgehead atoms. The molecule has 1 heterocycles. The number of rotatable bonds is 7. The zero-order chi connectivity index (χ0) is 26.5. The minimum atomic E-state index is -0.494. The molecule has 38 heavy (non-hydrogen) atoms. The van der Waals surface area contributed by atoms with Crippen LogP contribution in [0, 0.1) is 0 Å². The van der Waals surface area contributed by atoms with Gasteiger partial charge < -0.3 is 14.5 Å². The number of methoxy groups -OCH3 is 1. The number of hydrogen-bond donors (Lipinski definition) is 2. The van der Waals surface area contributed by atoms with E-state index >= 15 is 0 Å². The fourth-order valence-corrected chi connectivity index (χ4v) is 4.33. The molecular weight excluding hydrogens is 502 g/mol. The number of aromatic amines is 1. The highest BCUT2D eigenvalue weighted by molar-refractivity contribution is 6.34. The molecule has 188 valence electrons. The van der Waals surface area contributed by atoms with Gasteiger partial charge in [0.05, 0.1) is 24.4 Å². The molecule has 1 amide bonds. The highest BCUT2D eigenvalue weighted by Gasteiger charge is 2.22. The molecule has 0 atom stereocenters. The van der Waals surface area contributed by atoms with Crippen LogP contribution < -0.4 is 14.9 Å². The van der Waals surface area contributed by atoms with Gasteiger partial charge in [-0.2, -0.15) is 5.10 Å². The Morgan fingerprint density at radius 2 is 1.58 bits per heavy atom. The van der Waals surface area contributed by atoms with Crippen molar-refractivity contribution < 1.29 is 19.1 Å². The molecule has 0 fully saturated rings. The maximum atomic E-state index is 13.3. The van der Waals surface area contributed by atoms with Crippen molar-refractivity contribution >= 4 is 40.6 Å². The van der Waals surface area contributed by atoms with E-state index in [1.807, 2.05) is 42.5 Å². The van der Waals surface area contributed by atoms with Crippen molar-refractivity contribution in [2.24, 2.45) is 5.10 Å². The van der Waals surface area contributed by atoms with Crippen LogP contribution in [0.1, 0.15) is 26.4 Å². The first kappa shape index (κ1) is 24.8. The number of ether oxygens (including phenoxy) is 2. The smallest absolute Gasteiger partial charge is 0.343 e. The Bertz CT molecular complexity index is 1660. The molecule has 0 saturated heterocycles. The minimum absolute atomic E-state index is 0.276. The molecule has 0 saturated carbocycles. The number of para-hydroxylation sites is 2. The van der Waals surface area contributed by atoms with Gasteiger partial charge in [-0.15, -0.1) is 0 Å². The second kappa shape index (κ2) is 11.0. The molecule has 7 nitrogen and oxygen atoms in total. The third-order valence-electron chi connectivity index (χ3n) is 5.89. The number of H-pyrrole nitrogens is 1. The Morgan fingerprint density at radius 3 is 2.37 bits per heavy atom. The molecule has 5 aromatic rings. The number of carbonyl (C=O) groups excluding carboxylic acids is 2. The molecule has 2 N–H and O–H groups in total. The van der Waals surface area contributed by atoms with Crippen LogP contribution in [-0.2, 0) is 0 Å². The van der Waals surface area contributed by atoms with Crippen LogP contribution in [0.25, 0.3) is 22.0 Å². The van der Waals surface area contributed by atoms with Gasteiger partial charge in [0.15, 0.2) is 0 Å². The van der Waals surface area contributed by atoms with Gasteiger partial charge in [0.2, 0.25) is 0 Å². The van der Waals surface area contributed by atoms with E-state index in [1.54, 1.807) is 61.7 Å². The first-order valence-electron chi connectivity index (χ1n) is 11.7. The Kier molecular flexibility index (Phi) is 7.19. The fraction of sp³-hybridized carbons (Fsp3) is 0.0333. The van der Waals surface area contributed by atoms with Gasteiger partial charge in [0.1, 0.15) is 17.2 Å². The zero-order valence-electron chi connectivity index (χ0n) is 20.3. The number of fused-ring (bicyclic) bond motifs is 1. The number of nitrogens with one attached hydrogen (secondary N) is 2. The van der Waals surface area contributed by atoms with Gasteiger partial charge in [-0.25, -0.2) is 10.2 Å². The molecule has 0 unspecified atom stereocenters. The van der Waals surface area contributed by atoms with E-state index < -0.39 is 11.9 Å². The monoisotopic (exact) mass is 523 g/mol. The van der Waals surface area contributed by atoms with Crippen LogP contribution in [0.15, 0.2) is 102 Å². The van der Waals surface area contributed by atoms with Crippen molar-refractivity contribution in [1.82, 2.24) is 10.4 Å². The molecule has 0 radical (unpaired) electrons. The van der Waals surface area contributed by atoms with E-state index in [9.17, 15) is 9.59 Å². The number of hydrogen-bond acceptors (Lipinski definition) is 5. The third-order valence-corrected chi connectivity index (χ3v) is 6.22. The molecule has 5 rings (SSSR count). The number of nitrogens with zero attached hydrogens (tertiary/aromatic N) is 1. The highest BCUT2D eigenvalue weighted by Crippen LogP contribution is 2.39. The summed E-state index contributed by atoms with van der Waals surface area (Å²) < 4.78 is 11.0. The average molecular weight is 524 g/mol. The van der Waals surface area contributed by atoms with Crippen LogP contribution in [-0.4, -0.2) is 30.2 Å². The van der Waals surface area contributed by atoms with Gasteiger partial charge in [0, 0.05) is 27.1 Å². The predicted octanol–water partition coefficient (Wildman–Crippen LogP) is 6.48. The predicted molar refractivity (Wildman–Crippen MR) is 148 cm³/mol. The number of esters is 1. The summed E-state index contributed by atoms with van der Waals surface area (Å²) in [5.74, 6) is -0.0703. The number of aromatic nitrogens is 1. The summed E-state index contributed by atoms with van der Waals surface area (Å²) in [4.78, 5) is 29.0. The first-order valence-corrected chi connectivity index (χ1v) is 12.1. The lowest BCUT2D eigenvalue weighted by Crippen LogP contribution is -2.19. The first-order chi connectivity index (χ1) is 18.6. The standard InChI is InChI=1S/C30H22ClN3O4/c1-37-25-17-9-14-22-26(21-13-6-7-15-23(21)31)28(33-27(22)25)29(35)34-32-18-20-12-5-8-16-24(20)38-30(36)19-10-3-2-4-11-19/h2-18,33H,1H3,(H,34,35). The van der Waals surface area contributed by atoms with Gasteiger partial charge in [0.25, 0.3) is 5.91 Å². The largest absolute Gasteiger partial charge is 0.495 e. The van der Waals surface area contributed by atoms with Gasteiger partial charge >= 0.3 is 5.97 Å². The lowest BCUT2D eigenvalue weighted by atomic mass is 10.0. The third kappa shape index (κ3) is 5.00. The summed E-state index contributed by atoms with van der Waals surface area (Å²) in [5.41, 5.74) is 5.77. The Morgan fingerprint density at radius 1 is 0.868 bits per heavy atom. The number of halogens is 1. The van der Waals surface area contributed by atoms with E-state index in [1.165, 1.54) is 6.21 Å². The lowest BCUT2D eigenvalue weighted by Gasteiger charge is -2.08. The van der Waals surface area contributed by atoms with Crippen LogP contribution in [0.4, 0.5) is 0 Å².